The zero-order chi connectivity index (χ0) is 22.4. The third-order valence-electron chi connectivity index (χ3n) is 4.00. The average Bonchev–Trinajstić information content (AvgIpc) is 2.75. The maximum absolute atomic E-state index is 12.6. The van der Waals surface area contributed by atoms with Crippen molar-refractivity contribution in [3.63, 3.8) is 0 Å². The van der Waals surface area contributed by atoms with Gasteiger partial charge in [-0.05, 0) is 48.5 Å². The first-order valence-electron chi connectivity index (χ1n) is 9.30. The Labute approximate surface area is 193 Å². The predicted octanol–water partition coefficient (Wildman–Crippen LogP) is 6.03. The van der Waals surface area contributed by atoms with Crippen molar-refractivity contribution in [3.8, 4) is 11.5 Å². The smallest absolute Gasteiger partial charge is 0.345 e. The van der Waals surface area contributed by atoms with Crippen LogP contribution in [0, 0.1) is 5.92 Å². The highest BCUT2D eigenvalue weighted by Gasteiger charge is 2.21. The summed E-state index contributed by atoms with van der Waals surface area (Å²) in [6, 6.07) is 13.4. The van der Waals surface area contributed by atoms with Crippen molar-refractivity contribution in [2.24, 2.45) is 10.9 Å². The van der Waals surface area contributed by atoms with E-state index in [0.29, 0.717) is 20.7 Å². The number of aromatic nitrogens is 1. The summed E-state index contributed by atoms with van der Waals surface area (Å²) < 4.78 is 11.7. The number of esters is 2. The lowest BCUT2D eigenvalue weighted by Gasteiger charge is -2.15. The third-order valence-corrected chi connectivity index (χ3v) is 4.71. The predicted molar refractivity (Wildman–Crippen MR) is 123 cm³/mol. The van der Waals surface area contributed by atoms with Crippen LogP contribution in [0.5, 0.6) is 11.5 Å². The van der Waals surface area contributed by atoms with Crippen LogP contribution in [0.1, 0.15) is 29.8 Å². The van der Waals surface area contributed by atoms with Gasteiger partial charge in [-0.3, -0.25) is 14.8 Å². The molecule has 0 aliphatic rings. The molecule has 0 fully saturated rings. The van der Waals surface area contributed by atoms with Crippen molar-refractivity contribution in [1.82, 2.24) is 4.98 Å². The molecule has 0 radical (unpaired) electrons. The van der Waals surface area contributed by atoms with Gasteiger partial charge in [-0.15, -0.1) is 0 Å². The summed E-state index contributed by atoms with van der Waals surface area (Å²) in [5.74, 6) is -1.31. The molecule has 1 heterocycles. The number of nitrogens with zero attached hydrogens (tertiary/aromatic N) is 2. The first kappa shape index (κ1) is 22.7. The molecule has 0 bridgehead atoms. The fourth-order valence-corrected chi connectivity index (χ4v) is 2.98. The molecule has 0 N–H and O–H groups in total. The fraction of sp³-hybridized carbons (Fsp3) is 0.130. The lowest BCUT2D eigenvalue weighted by molar-refractivity contribution is -0.137. The molecule has 31 heavy (non-hydrogen) atoms. The van der Waals surface area contributed by atoms with Crippen LogP contribution in [0.15, 0.2) is 70.4 Å². The van der Waals surface area contributed by atoms with Gasteiger partial charge in [0.05, 0.1) is 17.2 Å². The lowest BCUT2D eigenvalue weighted by Crippen LogP contribution is -2.17. The molecular formula is C23H18BrClN2O4. The molecule has 0 saturated carbocycles. The van der Waals surface area contributed by atoms with E-state index < -0.39 is 11.9 Å². The van der Waals surface area contributed by atoms with Crippen LogP contribution in [0.4, 0.5) is 5.69 Å². The number of benzene rings is 2. The summed E-state index contributed by atoms with van der Waals surface area (Å²) in [5.41, 5.74) is 1.37. The van der Waals surface area contributed by atoms with E-state index in [1.807, 2.05) is 0 Å². The molecule has 0 unspecified atom stereocenters. The molecule has 0 aliphatic carbocycles. The minimum atomic E-state index is -0.631. The average molecular weight is 502 g/mol. The second-order valence-electron chi connectivity index (χ2n) is 6.76. The summed E-state index contributed by atoms with van der Waals surface area (Å²) in [4.78, 5) is 33.2. The van der Waals surface area contributed by atoms with Gasteiger partial charge in [0.25, 0.3) is 0 Å². The molecule has 0 atom stereocenters. The second-order valence-corrected chi connectivity index (χ2v) is 8.12. The molecule has 0 aliphatic heterocycles. The monoisotopic (exact) mass is 500 g/mol. The number of ether oxygens (including phenoxy) is 2. The summed E-state index contributed by atoms with van der Waals surface area (Å²) in [7, 11) is 0. The minimum absolute atomic E-state index is 0.0785. The van der Waals surface area contributed by atoms with Crippen molar-refractivity contribution in [3.05, 3.63) is 81.5 Å². The van der Waals surface area contributed by atoms with E-state index >= 15 is 0 Å². The lowest BCUT2D eigenvalue weighted by atomic mass is 10.2. The van der Waals surface area contributed by atoms with E-state index in [-0.39, 0.29) is 23.0 Å². The molecule has 158 valence electrons. The zero-order valence-electron chi connectivity index (χ0n) is 16.7. The van der Waals surface area contributed by atoms with Gasteiger partial charge in [0, 0.05) is 33.7 Å². The molecule has 3 rings (SSSR count). The topological polar surface area (TPSA) is 77.9 Å². The Morgan fingerprint density at radius 3 is 2.52 bits per heavy atom. The Hall–Kier alpha value is -3.03. The Balaban J connectivity index is 2.01. The standard InChI is InChI=1S/C23H18BrClN2O4/c1-14(2)22(28)31-21-16(13-27-19-7-5-18(25)6-8-19)10-17(24)11-20(21)30-23(29)15-4-3-9-26-12-15/h3-14H,1-2H3. The number of carbonyl (C=O) groups excluding carboxylic acids is 2. The number of pyridine rings is 1. The summed E-state index contributed by atoms with van der Waals surface area (Å²) in [5, 5.41) is 0.595. The Kier molecular flexibility index (Phi) is 7.55. The van der Waals surface area contributed by atoms with Crippen molar-refractivity contribution in [2.75, 3.05) is 0 Å². The Morgan fingerprint density at radius 2 is 1.87 bits per heavy atom. The Morgan fingerprint density at radius 1 is 1.13 bits per heavy atom. The molecule has 0 saturated heterocycles. The SMILES string of the molecule is CC(C)C(=O)Oc1c(C=Nc2ccc(Cl)cc2)cc(Br)cc1OC(=O)c1cccnc1. The number of carbonyl (C=O) groups is 2. The van der Waals surface area contributed by atoms with Gasteiger partial charge in [0.15, 0.2) is 11.5 Å². The Bertz CT molecular complexity index is 1120. The molecule has 1 aromatic heterocycles. The van der Waals surface area contributed by atoms with Crippen LogP contribution in [-0.2, 0) is 4.79 Å². The third kappa shape index (κ3) is 6.23. The van der Waals surface area contributed by atoms with E-state index in [2.05, 4.69) is 25.9 Å². The molecule has 6 nitrogen and oxygen atoms in total. The van der Waals surface area contributed by atoms with Crippen LogP contribution in [-0.4, -0.2) is 23.1 Å². The summed E-state index contributed by atoms with van der Waals surface area (Å²) in [6.45, 7) is 3.42. The van der Waals surface area contributed by atoms with Crippen molar-refractivity contribution < 1.29 is 19.1 Å². The van der Waals surface area contributed by atoms with Gasteiger partial charge in [0.2, 0.25) is 0 Å². The molecule has 2 aromatic carbocycles. The van der Waals surface area contributed by atoms with Gasteiger partial charge >= 0.3 is 11.9 Å². The summed E-state index contributed by atoms with van der Waals surface area (Å²) in [6.07, 6.45) is 4.47. The molecule has 0 amide bonds. The fourth-order valence-electron chi connectivity index (χ4n) is 2.40. The minimum Gasteiger partial charge on any atom is -0.422 e. The largest absolute Gasteiger partial charge is 0.422 e. The van der Waals surface area contributed by atoms with E-state index in [1.165, 1.54) is 12.4 Å². The highest BCUT2D eigenvalue weighted by Crippen LogP contribution is 2.36. The van der Waals surface area contributed by atoms with Crippen LogP contribution in [0.25, 0.3) is 0 Å². The number of halogens is 2. The number of rotatable bonds is 6. The van der Waals surface area contributed by atoms with E-state index in [0.717, 1.165) is 0 Å². The van der Waals surface area contributed by atoms with Crippen molar-refractivity contribution in [1.29, 1.82) is 0 Å². The van der Waals surface area contributed by atoms with Gasteiger partial charge in [0.1, 0.15) is 0 Å². The van der Waals surface area contributed by atoms with Gasteiger partial charge in [-0.1, -0.05) is 41.4 Å². The number of hydrogen-bond donors (Lipinski definition) is 0. The van der Waals surface area contributed by atoms with Crippen molar-refractivity contribution in [2.45, 2.75) is 13.8 Å². The van der Waals surface area contributed by atoms with Crippen molar-refractivity contribution >= 4 is 51.4 Å². The van der Waals surface area contributed by atoms with Crippen LogP contribution < -0.4 is 9.47 Å². The normalized spacial score (nSPS) is 11.0. The van der Waals surface area contributed by atoms with Gasteiger partial charge < -0.3 is 9.47 Å². The van der Waals surface area contributed by atoms with Crippen LogP contribution >= 0.6 is 27.5 Å². The van der Waals surface area contributed by atoms with E-state index in [4.69, 9.17) is 21.1 Å². The van der Waals surface area contributed by atoms with E-state index in [1.54, 1.807) is 68.6 Å². The summed E-state index contributed by atoms with van der Waals surface area (Å²) >= 11 is 9.31. The molecule has 0 spiro atoms. The highest BCUT2D eigenvalue weighted by atomic mass is 79.9. The first-order valence-corrected chi connectivity index (χ1v) is 10.5. The first-order chi connectivity index (χ1) is 14.8. The highest BCUT2D eigenvalue weighted by molar-refractivity contribution is 9.10. The zero-order valence-corrected chi connectivity index (χ0v) is 19.1. The number of aliphatic imine (C=N–C) groups is 1. The second kappa shape index (κ2) is 10.3. The maximum Gasteiger partial charge on any atom is 0.345 e. The maximum atomic E-state index is 12.6. The molecule has 8 heteroatoms. The number of hydrogen-bond acceptors (Lipinski definition) is 6. The van der Waals surface area contributed by atoms with Gasteiger partial charge in [-0.25, -0.2) is 4.79 Å². The van der Waals surface area contributed by atoms with Crippen LogP contribution in [0.3, 0.4) is 0 Å². The van der Waals surface area contributed by atoms with Gasteiger partial charge in [-0.2, -0.15) is 0 Å². The van der Waals surface area contributed by atoms with E-state index in [9.17, 15) is 9.59 Å². The quantitative estimate of drug-likeness (QED) is 0.234. The molecule has 3 aromatic rings. The van der Waals surface area contributed by atoms with Crippen LogP contribution in [0.2, 0.25) is 5.02 Å². The molecular weight excluding hydrogens is 484 g/mol.